The predicted octanol–water partition coefficient (Wildman–Crippen LogP) is 4.47. The largest absolute Gasteiger partial charge is 0.356 e. The van der Waals surface area contributed by atoms with Crippen LogP contribution in [-0.2, 0) is 14.8 Å². The number of hydrogen-bond donors (Lipinski definition) is 1. The summed E-state index contributed by atoms with van der Waals surface area (Å²) in [6.45, 7) is 3.99. The van der Waals surface area contributed by atoms with Gasteiger partial charge in [-0.1, -0.05) is 18.6 Å². The van der Waals surface area contributed by atoms with Crippen LogP contribution in [0.15, 0.2) is 59.5 Å². The van der Waals surface area contributed by atoms with E-state index in [1.807, 2.05) is 12.1 Å². The van der Waals surface area contributed by atoms with E-state index in [0.717, 1.165) is 55.4 Å². The van der Waals surface area contributed by atoms with Crippen molar-refractivity contribution >= 4 is 44.1 Å². The van der Waals surface area contributed by atoms with Crippen molar-refractivity contribution in [2.45, 2.75) is 43.9 Å². The minimum Gasteiger partial charge on any atom is -0.356 e. The van der Waals surface area contributed by atoms with Crippen molar-refractivity contribution in [2.24, 2.45) is 5.92 Å². The number of nitrogens with zero attached hydrogens (tertiary/aromatic N) is 3. The molecular formula is C28H32N4O4S. The van der Waals surface area contributed by atoms with Crippen LogP contribution in [0.5, 0.6) is 0 Å². The van der Waals surface area contributed by atoms with Crippen LogP contribution in [0.3, 0.4) is 0 Å². The molecule has 194 valence electrons. The maximum absolute atomic E-state index is 13.1. The number of nitrogens with one attached hydrogen (secondary N) is 1. The Morgan fingerprint density at radius 2 is 1.76 bits per heavy atom. The third kappa shape index (κ3) is 5.52. The number of fused-ring (bicyclic) bond motifs is 1. The van der Waals surface area contributed by atoms with Crippen LogP contribution in [0.25, 0.3) is 10.9 Å². The van der Waals surface area contributed by atoms with Gasteiger partial charge in [-0.05, 0) is 75.1 Å². The fourth-order valence-electron chi connectivity index (χ4n) is 5.14. The SMILES string of the molecule is CC(=O)c1cccc(NC(=O)C2CCCN(c3ccc4cc(S(=O)(=O)N5CCCCC5)ccc4n3)C2)c1. The summed E-state index contributed by atoms with van der Waals surface area (Å²) < 4.78 is 27.7. The van der Waals surface area contributed by atoms with Gasteiger partial charge in [0.25, 0.3) is 0 Å². The molecule has 0 radical (unpaired) electrons. The summed E-state index contributed by atoms with van der Waals surface area (Å²) in [6, 6.07) is 15.9. The second-order valence-corrected chi connectivity index (χ2v) is 11.8. The number of pyridine rings is 1. The molecule has 0 bridgehead atoms. The van der Waals surface area contributed by atoms with Crippen molar-refractivity contribution in [3.63, 3.8) is 0 Å². The number of aromatic nitrogens is 1. The average Bonchev–Trinajstić information content (AvgIpc) is 2.93. The quantitative estimate of drug-likeness (QED) is 0.482. The molecule has 3 aromatic rings. The number of carbonyl (C=O) groups is 2. The minimum atomic E-state index is -3.50. The van der Waals surface area contributed by atoms with E-state index < -0.39 is 10.0 Å². The molecule has 0 spiro atoms. The number of anilines is 2. The molecule has 5 rings (SSSR count). The molecule has 37 heavy (non-hydrogen) atoms. The van der Waals surface area contributed by atoms with E-state index in [9.17, 15) is 18.0 Å². The lowest BCUT2D eigenvalue weighted by atomic mass is 9.97. The average molecular weight is 521 g/mol. The van der Waals surface area contributed by atoms with Gasteiger partial charge in [-0.15, -0.1) is 0 Å². The topological polar surface area (TPSA) is 99.7 Å². The number of ketones is 1. The van der Waals surface area contributed by atoms with E-state index in [4.69, 9.17) is 4.98 Å². The summed E-state index contributed by atoms with van der Waals surface area (Å²) in [5.41, 5.74) is 1.91. The van der Waals surface area contributed by atoms with Crippen LogP contribution in [0, 0.1) is 5.92 Å². The number of carbonyl (C=O) groups excluding carboxylic acids is 2. The first-order valence-electron chi connectivity index (χ1n) is 12.9. The van der Waals surface area contributed by atoms with Crippen molar-refractivity contribution in [1.29, 1.82) is 0 Å². The van der Waals surface area contributed by atoms with Crippen molar-refractivity contribution < 1.29 is 18.0 Å². The third-order valence-electron chi connectivity index (χ3n) is 7.25. The highest BCUT2D eigenvalue weighted by atomic mass is 32.2. The third-order valence-corrected chi connectivity index (χ3v) is 9.15. The fourth-order valence-corrected chi connectivity index (χ4v) is 6.70. The highest BCUT2D eigenvalue weighted by Gasteiger charge is 2.28. The number of Topliss-reactive ketones (excluding diaryl/α,β-unsaturated/α-hetero) is 1. The summed E-state index contributed by atoms with van der Waals surface area (Å²) in [5, 5.41) is 3.73. The zero-order valence-electron chi connectivity index (χ0n) is 21.0. The maximum atomic E-state index is 13.1. The summed E-state index contributed by atoms with van der Waals surface area (Å²) in [5.74, 6) is 0.455. The van der Waals surface area contributed by atoms with Crippen LogP contribution >= 0.6 is 0 Å². The molecule has 0 saturated carbocycles. The van der Waals surface area contributed by atoms with Gasteiger partial charge in [0.1, 0.15) is 5.82 Å². The monoisotopic (exact) mass is 520 g/mol. The highest BCUT2D eigenvalue weighted by Crippen LogP contribution is 2.28. The molecule has 1 aromatic heterocycles. The number of hydrogen-bond acceptors (Lipinski definition) is 6. The first-order valence-corrected chi connectivity index (χ1v) is 14.3. The fraction of sp³-hybridized carbons (Fsp3) is 0.393. The van der Waals surface area contributed by atoms with Crippen LogP contribution < -0.4 is 10.2 Å². The summed E-state index contributed by atoms with van der Waals surface area (Å²) in [7, 11) is -3.50. The van der Waals surface area contributed by atoms with Crippen molar-refractivity contribution in [2.75, 3.05) is 36.4 Å². The number of piperidine rings is 2. The molecule has 2 saturated heterocycles. The molecule has 1 amide bonds. The minimum absolute atomic E-state index is 0.0430. The van der Waals surface area contributed by atoms with E-state index in [1.165, 1.54) is 6.92 Å². The van der Waals surface area contributed by atoms with E-state index in [1.54, 1.807) is 46.8 Å². The zero-order valence-corrected chi connectivity index (χ0v) is 21.8. The Kier molecular flexibility index (Phi) is 7.26. The van der Waals surface area contributed by atoms with Crippen LogP contribution in [0.2, 0.25) is 0 Å². The van der Waals surface area contributed by atoms with Crippen LogP contribution in [0.4, 0.5) is 11.5 Å². The molecule has 0 aliphatic carbocycles. The standard InChI is InChI=1S/C28H32N4O4S/c1-20(33)21-7-5-9-24(17-21)29-28(34)23-8-6-14-31(19-23)27-13-10-22-18-25(11-12-26(22)30-27)37(35,36)32-15-3-2-4-16-32/h5,7,9-13,17-18,23H,2-4,6,8,14-16,19H2,1H3,(H,29,34). The molecule has 2 aliphatic rings. The smallest absolute Gasteiger partial charge is 0.243 e. The van der Waals surface area contributed by atoms with Crippen LogP contribution in [0.1, 0.15) is 49.4 Å². The summed E-state index contributed by atoms with van der Waals surface area (Å²) in [4.78, 5) is 31.9. The van der Waals surface area contributed by atoms with Crippen LogP contribution in [-0.4, -0.2) is 55.6 Å². The molecule has 1 atom stereocenters. The Bertz CT molecular complexity index is 1430. The molecule has 2 fully saturated rings. The Labute approximate surface area is 217 Å². The summed E-state index contributed by atoms with van der Waals surface area (Å²) >= 11 is 0. The zero-order chi connectivity index (χ0) is 26.0. The number of sulfonamides is 1. The number of amides is 1. The lowest BCUT2D eigenvalue weighted by Crippen LogP contribution is -2.41. The number of rotatable bonds is 6. The molecule has 2 aliphatic heterocycles. The first-order chi connectivity index (χ1) is 17.8. The molecule has 3 heterocycles. The van der Waals surface area contributed by atoms with Gasteiger partial charge in [0.2, 0.25) is 15.9 Å². The second-order valence-electron chi connectivity index (χ2n) is 9.90. The van der Waals surface area contributed by atoms with Crippen molar-refractivity contribution in [3.05, 3.63) is 60.2 Å². The van der Waals surface area contributed by atoms with Crippen molar-refractivity contribution in [1.82, 2.24) is 9.29 Å². The van der Waals surface area contributed by atoms with Gasteiger partial charge < -0.3 is 10.2 Å². The van der Waals surface area contributed by atoms with Gasteiger partial charge in [-0.25, -0.2) is 13.4 Å². The molecular weight excluding hydrogens is 488 g/mol. The van der Waals surface area contributed by atoms with Gasteiger partial charge in [-0.3, -0.25) is 9.59 Å². The maximum Gasteiger partial charge on any atom is 0.243 e. The lowest BCUT2D eigenvalue weighted by Gasteiger charge is -2.33. The van der Waals surface area contributed by atoms with Gasteiger partial charge in [0.15, 0.2) is 5.78 Å². The molecule has 1 N–H and O–H groups in total. The molecule has 9 heteroatoms. The Hall–Kier alpha value is -3.30. The normalized spacial score (nSPS) is 19.1. The van der Waals surface area contributed by atoms with E-state index in [0.29, 0.717) is 35.8 Å². The Morgan fingerprint density at radius 3 is 2.54 bits per heavy atom. The second kappa shape index (κ2) is 10.6. The predicted molar refractivity (Wildman–Crippen MR) is 144 cm³/mol. The van der Waals surface area contributed by atoms with Gasteiger partial charge in [-0.2, -0.15) is 4.31 Å². The molecule has 2 aromatic carbocycles. The highest BCUT2D eigenvalue weighted by molar-refractivity contribution is 7.89. The van der Waals surface area contributed by atoms with Gasteiger partial charge >= 0.3 is 0 Å². The molecule has 1 unspecified atom stereocenters. The van der Waals surface area contributed by atoms with E-state index in [2.05, 4.69) is 10.2 Å². The van der Waals surface area contributed by atoms with E-state index in [-0.39, 0.29) is 17.6 Å². The summed E-state index contributed by atoms with van der Waals surface area (Å²) in [6.07, 6.45) is 4.51. The molecule has 8 nitrogen and oxygen atoms in total. The first kappa shape index (κ1) is 25.4. The van der Waals surface area contributed by atoms with Crippen molar-refractivity contribution in [3.8, 4) is 0 Å². The lowest BCUT2D eigenvalue weighted by molar-refractivity contribution is -0.120. The number of benzene rings is 2. The van der Waals surface area contributed by atoms with E-state index >= 15 is 0 Å². The Morgan fingerprint density at radius 1 is 0.946 bits per heavy atom. The van der Waals surface area contributed by atoms with Gasteiger partial charge in [0.05, 0.1) is 16.3 Å². The van der Waals surface area contributed by atoms with Gasteiger partial charge in [0, 0.05) is 42.8 Å². The Balaban J connectivity index is 1.30.